The molecule has 0 aliphatic carbocycles. The van der Waals surface area contributed by atoms with Crippen molar-refractivity contribution in [1.82, 2.24) is 10.2 Å². The number of benzene rings is 1. The highest BCUT2D eigenvalue weighted by Gasteiger charge is 2.17. The van der Waals surface area contributed by atoms with Crippen molar-refractivity contribution in [2.24, 2.45) is 0 Å². The van der Waals surface area contributed by atoms with Crippen LogP contribution in [0.1, 0.15) is 6.42 Å². The summed E-state index contributed by atoms with van der Waals surface area (Å²) in [4.78, 5) is 16.2. The molecule has 0 radical (unpaired) electrons. The molecular formula is C15H23N3O2. The lowest BCUT2D eigenvalue weighted by Crippen LogP contribution is -2.39. The van der Waals surface area contributed by atoms with Crippen LogP contribution < -0.4 is 15.0 Å². The summed E-state index contributed by atoms with van der Waals surface area (Å²) in [6.45, 7) is 4.37. The molecule has 1 heterocycles. The molecule has 0 atom stereocenters. The normalized spacial score (nSPS) is 16.5. The van der Waals surface area contributed by atoms with Crippen LogP contribution in [-0.2, 0) is 4.79 Å². The maximum atomic E-state index is 12.3. The van der Waals surface area contributed by atoms with Crippen LogP contribution in [0.15, 0.2) is 24.3 Å². The second-order valence-corrected chi connectivity index (χ2v) is 5.03. The summed E-state index contributed by atoms with van der Waals surface area (Å²) in [5.74, 6) is 0.876. The van der Waals surface area contributed by atoms with E-state index in [1.165, 1.54) is 0 Å². The van der Waals surface area contributed by atoms with Crippen molar-refractivity contribution in [2.75, 3.05) is 51.8 Å². The molecule has 110 valence electrons. The molecule has 20 heavy (non-hydrogen) atoms. The van der Waals surface area contributed by atoms with Gasteiger partial charge < -0.3 is 15.0 Å². The fourth-order valence-electron chi connectivity index (χ4n) is 2.32. The third-order valence-corrected chi connectivity index (χ3v) is 3.61. The summed E-state index contributed by atoms with van der Waals surface area (Å²) in [6, 6.07) is 7.57. The molecule has 1 amide bonds. The average molecular weight is 277 g/mol. The van der Waals surface area contributed by atoms with Gasteiger partial charge in [-0.05, 0) is 31.6 Å². The molecule has 1 aromatic rings. The Morgan fingerprint density at radius 2 is 2.25 bits per heavy atom. The molecule has 0 saturated carbocycles. The lowest BCUT2D eigenvalue weighted by atomic mass is 10.2. The van der Waals surface area contributed by atoms with Crippen molar-refractivity contribution >= 4 is 11.6 Å². The van der Waals surface area contributed by atoms with Crippen LogP contribution in [-0.4, -0.2) is 57.7 Å². The highest BCUT2D eigenvalue weighted by Crippen LogP contribution is 2.20. The minimum absolute atomic E-state index is 0.111. The Kier molecular flexibility index (Phi) is 5.38. The Morgan fingerprint density at radius 3 is 3.05 bits per heavy atom. The number of carbonyl (C=O) groups is 1. The number of amides is 1. The van der Waals surface area contributed by atoms with E-state index in [-0.39, 0.29) is 5.91 Å². The number of hydrogen-bond donors (Lipinski definition) is 1. The van der Waals surface area contributed by atoms with Crippen LogP contribution in [0.3, 0.4) is 0 Å². The number of carbonyl (C=O) groups excluding carboxylic acids is 1. The molecule has 1 aliphatic rings. The van der Waals surface area contributed by atoms with Crippen LogP contribution >= 0.6 is 0 Å². The number of rotatable bonds is 4. The maximum absolute atomic E-state index is 12.3. The summed E-state index contributed by atoms with van der Waals surface area (Å²) in [5.41, 5.74) is 0.863. The van der Waals surface area contributed by atoms with Gasteiger partial charge in [-0.2, -0.15) is 0 Å². The molecule has 5 nitrogen and oxygen atoms in total. The zero-order valence-electron chi connectivity index (χ0n) is 12.3. The van der Waals surface area contributed by atoms with Crippen LogP contribution in [0.2, 0.25) is 0 Å². The summed E-state index contributed by atoms with van der Waals surface area (Å²) in [7, 11) is 3.44. The van der Waals surface area contributed by atoms with Crippen LogP contribution in [0.25, 0.3) is 0 Å². The third kappa shape index (κ3) is 3.95. The van der Waals surface area contributed by atoms with Crippen molar-refractivity contribution in [2.45, 2.75) is 6.42 Å². The number of methoxy groups -OCH3 is 1. The summed E-state index contributed by atoms with van der Waals surface area (Å²) in [6.07, 6.45) is 1.09. The van der Waals surface area contributed by atoms with E-state index in [2.05, 4.69) is 10.2 Å². The van der Waals surface area contributed by atoms with Crippen molar-refractivity contribution in [3.05, 3.63) is 24.3 Å². The Bertz CT molecular complexity index is 442. The van der Waals surface area contributed by atoms with E-state index in [1.807, 2.05) is 31.3 Å². The van der Waals surface area contributed by atoms with Crippen LogP contribution in [0.4, 0.5) is 5.69 Å². The molecule has 1 aromatic carbocycles. The molecule has 1 fully saturated rings. The quantitative estimate of drug-likeness (QED) is 0.890. The summed E-state index contributed by atoms with van der Waals surface area (Å²) < 4.78 is 5.19. The zero-order chi connectivity index (χ0) is 14.4. The highest BCUT2D eigenvalue weighted by atomic mass is 16.5. The number of nitrogens with zero attached hydrogens (tertiary/aromatic N) is 2. The van der Waals surface area contributed by atoms with Gasteiger partial charge in [0.1, 0.15) is 5.75 Å². The minimum atomic E-state index is 0.111. The van der Waals surface area contributed by atoms with Gasteiger partial charge in [0.15, 0.2) is 0 Å². The van der Waals surface area contributed by atoms with Gasteiger partial charge >= 0.3 is 0 Å². The van der Waals surface area contributed by atoms with Gasteiger partial charge in [-0.25, -0.2) is 0 Å². The molecular weight excluding hydrogens is 254 g/mol. The zero-order valence-corrected chi connectivity index (χ0v) is 12.3. The number of likely N-dealkylation sites (N-methyl/N-ethyl adjacent to an activating group) is 1. The summed E-state index contributed by atoms with van der Waals surface area (Å²) in [5, 5.41) is 3.34. The topological polar surface area (TPSA) is 44.8 Å². The van der Waals surface area contributed by atoms with Gasteiger partial charge in [0, 0.05) is 31.9 Å². The maximum Gasteiger partial charge on any atom is 0.240 e. The number of ether oxygens (including phenoxy) is 1. The van der Waals surface area contributed by atoms with Crippen molar-refractivity contribution in [3.8, 4) is 5.75 Å². The second-order valence-electron chi connectivity index (χ2n) is 5.03. The fraction of sp³-hybridized carbons (Fsp3) is 0.533. The van der Waals surface area contributed by atoms with E-state index in [0.717, 1.165) is 44.0 Å². The molecule has 0 bridgehead atoms. The lowest BCUT2D eigenvalue weighted by molar-refractivity contribution is -0.119. The second kappa shape index (κ2) is 7.26. The highest BCUT2D eigenvalue weighted by molar-refractivity contribution is 5.94. The van der Waals surface area contributed by atoms with E-state index in [9.17, 15) is 4.79 Å². The van der Waals surface area contributed by atoms with Gasteiger partial charge in [0.25, 0.3) is 0 Å². The van der Waals surface area contributed by atoms with Crippen molar-refractivity contribution in [3.63, 3.8) is 0 Å². The fourth-order valence-corrected chi connectivity index (χ4v) is 2.32. The predicted octanol–water partition coefficient (Wildman–Crippen LogP) is 0.953. The first-order valence-corrected chi connectivity index (χ1v) is 7.04. The van der Waals surface area contributed by atoms with Crippen molar-refractivity contribution in [1.29, 1.82) is 0 Å². The molecule has 0 aromatic heterocycles. The van der Waals surface area contributed by atoms with E-state index in [4.69, 9.17) is 4.74 Å². The molecule has 1 N–H and O–H groups in total. The number of hydrogen-bond acceptors (Lipinski definition) is 4. The van der Waals surface area contributed by atoms with E-state index < -0.39 is 0 Å². The Labute approximate surface area is 120 Å². The largest absolute Gasteiger partial charge is 0.497 e. The third-order valence-electron chi connectivity index (χ3n) is 3.61. The molecule has 5 heteroatoms. The Morgan fingerprint density at radius 1 is 1.40 bits per heavy atom. The standard InChI is InChI=1S/C15H23N3O2/c1-17(13-5-3-6-14(11-13)20-2)15(19)12-18-9-4-7-16-8-10-18/h3,5-6,11,16H,4,7-10,12H2,1-2H3. The Hall–Kier alpha value is -1.59. The van der Waals surface area contributed by atoms with Gasteiger partial charge in [-0.15, -0.1) is 0 Å². The lowest BCUT2D eigenvalue weighted by Gasteiger charge is -2.23. The first-order chi connectivity index (χ1) is 9.70. The molecule has 1 aliphatic heterocycles. The average Bonchev–Trinajstić information content (AvgIpc) is 2.75. The SMILES string of the molecule is COc1cccc(N(C)C(=O)CN2CCCNCC2)c1. The summed E-state index contributed by atoms with van der Waals surface area (Å²) >= 11 is 0. The monoisotopic (exact) mass is 277 g/mol. The van der Waals surface area contributed by atoms with Gasteiger partial charge in [-0.3, -0.25) is 9.69 Å². The molecule has 1 saturated heterocycles. The van der Waals surface area contributed by atoms with E-state index in [0.29, 0.717) is 6.54 Å². The number of anilines is 1. The first kappa shape index (κ1) is 14.8. The first-order valence-electron chi connectivity index (χ1n) is 7.04. The Balaban J connectivity index is 1.96. The van der Waals surface area contributed by atoms with Gasteiger partial charge in [0.2, 0.25) is 5.91 Å². The van der Waals surface area contributed by atoms with Crippen molar-refractivity contribution < 1.29 is 9.53 Å². The number of nitrogens with one attached hydrogen (secondary N) is 1. The smallest absolute Gasteiger partial charge is 0.240 e. The predicted molar refractivity (Wildman–Crippen MR) is 80.3 cm³/mol. The van der Waals surface area contributed by atoms with Gasteiger partial charge in [0.05, 0.1) is 13.7 Å². The molecule has 0 spiro atoms. The van der Waals surface area contributed by atoms with Gasteiger partial charge in [-0.1, -0.05) is 6.07 Å². The van der Waals surface area contributed by atoms with Crippen LogP contribution in [0, 0.1) is 0 Å². The molecule has 0 unspecified atom stereocenters. The van der Waals surface area contributed by atoms with E-state index >= 15 is 0 Å². The minimum Gasteiger partial charge on any atom is -0.497 e. The molecule has 2 rings (SSSR count). The van der Waals surface area contributed by atoms with E-state index in [1.54, 1.807) is 12.0 Å². The van der Waals surface area contributed by atoms with Crippen LogP contribution in [0.5, 0.6) is 5.75 Å².